The molecule has 1 N–H and O–H groups in total. The molecule has 28 heavy (non-hydrogen) atoms. The second-order valence-electron chi connectivity index (χ2n) is 4.82. The van der Waals surface area contributed by atoms with Gasteiger partial charge in [0.05, 0.1) is 7.05 Å². The van der Waals surface area contributed by atoms with Crippen LogP contribution in [-0.4, -0.2) is 42.7 Å². The van der Waals surface area contributed by atoms with E-state index >= 15 is 0 Å². The topological polar surface area (TPSA) is 72.0 Å². The van der Waals surface area contributed by atoms with Crippen LogP contribution in [0.5, 0.6) is 0 Å². The summed E-state index contributed by atoms with van der Waals surface area (Å²) in [6, 6.07) is 0. The molecule has 0 aromatic carbocycles. The lowest BCUT2D eigenvalue weighted by Crippen LogP contribution is -2.54. The Morgan fingerprint density at radius 3 is 1.75 bits per heavy atom. The van der Waals surface area contributed by atoms with E-state index < -0.39 is 51.0 Å². The average Bonchev–Trinajstić information content (AvgIpc) is 2.79. The molecule has 0 aliphatic rings. The molecule has 0 aliphatic heterocycles. The van der Waals surface area contributed by atoms with Gasteiger partial charge in [-0.3, -0.25) is 4.79 Å². The van der Waals surface area contributed by atoms with Crippen molar-refractivity contribution in [1.82, 2.24) is 9.29 Å². The molecular formula is C10H9F11N3O3S+. The third kappa shape index (κ3) is 7.47. The number of aryl methyl sites for hydroxylation is 1. The van der Waals surface area contributed by atoms with Crippen LogP contribution in [0.3, 0.4) is 0 Å². The Hall–Kier alpha value is -2.14. The van der Waals surface area contributed by atoms with Crippen LogP contribution in [-0.2, 0) is 28.4 Å². The zero-order chi connectivity index (χ0) is 22.8. The van der Waals surface area contributed by atoms with Gasteiger partial charge in [-0.25, -0.2) is 13.9 Å². The molecule has 1 amide bonds. The van der Waals surface area contributed by atoms with E-state index in [1.54, 1.807) is 17.8 Å². The molecule has 0 unspecified atom stereocenters. The first-order valence-electron chi connectivity index (χ1n) is 6.26. The molecule has 0 fully saturated rings. The van der Waals surface area contributed by atoms with Gasteiger partial charge in [-0.1, -0.05) is 0 Å². The van der Waals surface area contributed by atoms with E-state index in [0.717, 1.165) is 4.57 Å². The summed E-state index contributed by atoms with van der Waals surface area (Å²) >= 11 is 0. The number of halogens is 11. The molecule has 18 heteroatoms. The number of nitrogens with zero attached hydrogens (tertiary/aromatic N) is 2. The molecule has 0 bridgehead atoms. The maximum absolute atomic E-state index is 12.1. The number of alkyl halides is 11. The van der Waals surface area contributed by atoms with Gasteiger partial charge < -0.3 is 0 Å². The van der Waals surface area contributed by atoms with Gasteiger partial charge in [0.2, 0.25) is 6.33 Å². The van der Waals surface area contributed by atoms with Gasteiger partial charge in [0.15, 0.2) is 6.54 Å². The van der Waals surface area contributed by atoms with Crippen LogP contribution in [0, 0.1) is 0 Å². The summed E-state index contributed by atoms with van der Waals surface area (Å²) in [6.45, 7) is -0.923. The van der Waals surface area contributed by atoms with Gasteiger partial charge in [-0.2, -0.15) is 56.7 Å². The molecule has 1 rings (SSSR count). The minimum Gasteiger partial charge on any atom is -0.267 e. The number of nitrogens with one attached hydrogen (secondary N) is 1. The van der Waals surface area contributed by atoms with Gasteiger partial charge >= 0.3 is 39.7 Å². The van der Waals surface area contributed by atoms with Crippen LogP contribution in [0.15, 0.2) is 18.7 Å². The summed E-state index contributed by atoms with van der Waals surface area (Å²) in [5.41, 5.74) is -6.19. The van der Waals surface area contributed by atoms with Crippen molar-refractivity contribution in [3.63, 3.8) is 0 Å². The molecule has 0 spiro atoms. The SMILES string of the molecule is C[n+]1ccn(CC(F)(F)F)c1.O=C(NS(=O)(=O)C(F)(F)F)C(F)(F)C(F)(F)F. The number of sulfonamides is 1. The molecule has 164 valence electrons. The second kappa shape index (κ2) is 8.08. The Bertz CT molecular complexity index is 777. The highest BCUT2D eigenvalue weighted by Gasteiger charge is 2.65. The lowest BCUT2D eigenvalue weighted by atomic mass is 10.3. The number of rotatable bonds is 3. The molecule has 6 nitrogen and oxygen atoms in total. The zero-order valence-corrected chi connectivity index (χ0v) is 13.9. The summed E-state index contributed by atoms with van der Waals surface area (Å²) in [5.74, 6) is -9.90. The van der Waals surface area contributed by atoms with Gasteiger partial charge in [0, 0.05) is 0 Å². The van der Waals surface area contributed by atoms with Crippen molar-refractivity contribution in [3.05, 3.63) is 18.7 Å². The standard InChI is InChI=1S/C6H8F3N2.C4HF8NO3S/c1-10-2-3-11(5-10)4-6(7,8)9;5-2(6,3(7,8)9)1(14)13-17(15,16)4(10,11)12/h2-3,5H,4H2,1H3;(H,13,14)/q+1;. The maximum Gasteiger partial charge on any atom is 0.516 e. The molecule has 1 aromatic rings. The van der Waals surface area contributed by atoms with Crippen molar-refractivity contribution in [2.45, 2.75) is 30.3 Å². The third-order valence-electron chi connectivity index (χ3n) is 2.36. The summed E-state index contributed by atoms with van der Waals surface area (Å²) in [6.07, 6.45) is -6.32. The normalized spacial score (nSPS) is 13.6. The van der Waals surface area contributed by atoms with E-state index in [9.17, 15) is 61.5 Å². The van der Waals surface area contributed by atoms with Crippen LogP contribution >= 0.6 is 0 Å². The van der Waals surface area contributed by atoms with Crippen LogP contribution in [0.1, 0.15) is 0 Å². The predicted molar refractivity (Wildman–Crippen MR) is 65.8 cm³/mol. The van der Waals surface area contributed by atoms with Gasteiger partial charge in [0.1, 0.15) is 12.4 Å². The van der Waals surface area contributed by atoms with E-state index in [1.807, 2.05) is 0 Å². The smallest absolute Gasteiger partial charge is 0.267 e. The van der Waals surface area contributed by atoms with Gasteiger partial charge in [0.25, 0.3) is 0 Å². The van der Waals surface area contributed by atoms with E-state index in [-0.39, 0.29) is 0 Å². The first-order chi connectivity index (χ1) is 12.1. The zero-order valence-electron chi connectivity index (χ0n) is 13.1. The van der Waals surface area contributed by atoms with Crippen LogP contribution in [0.4, 0.5) is 48.3 Å². The quantitative estimate of drug-likeness (QED) is 0.555. The first kappa shape index (κ1) is 25.9. The Morgan fingerprint density at radius 1 is 1.00 bits per heavy atom. The summed E-state index contributed by atoms with van der Waals surface area (Å²) in [4.78, 5) is 10.1. The van der Waals surface area contributed by atoms with E-state index in [2.05, 4.69) is 0 Å². The Balaban J connectivity index is 0.000000567. The molecule has 1 heterocycles. The van der Waals surface area contributed by atoms with E-state index in [4.69, 9.17) is 0 Å². The lowest BCUT2D eigenvalue weighted by molar-refractivity contribution is -0.671. The highest BCUT2D eigenvalue weighted by atomic mass is 32.2. The fourth-order valence-electron chi connectivity index (χ4n) is 1.17. The highest BCUT2D eigenvalue weighted by Crippen LogP contribution is 2.36. The Morgan fingerprint density at radius 2 is 1.46 bits per heavy atom. The van der Waals surface area contributed by atoms with Crippen molar-refractivity contribution < 1.29 is 66.1 Å². The van der Waals surface area contributed by atoms with Crippen molar-refractivity contribution >= 4 is 15.9 Å². The molecule has 0 radical (unpaired) electrons. The lowest BCUT2D eigenvalue weighted by Gasteiger charge is -2.18. The number of imidazole rings is 1. The maximum atomic E-state index is 12.1. The summed E-state index contributed by atoms with van der Waals surface area (Å²) < 4.78 is 151. The molecule has 0 saturated carbocycles. The van der Waals surface area contributed by atoms with E-state index in [0.29, 0.717) is 0 Å². The van der Waals surface area contributed by atoms with Crippen LogP contribution in [0.25, 0.3) is 0 Å². The average molecular weight is 460 g/mol. The monoisotopic (exact) mass is 460 g/mol. The number of amides is 1. The molecule has 0 aliphatic carbocycles. The summed E-state index contributed by atoms with van der Waals surface area (Å²) in [7, 11) is -4.95. The minimum absolute atomic E-state index is 0.419. The van der Waals surface area contributed by atoms with Crippen molar-refractivity contribution in [2.75, 3.05) is 0 Å². The number of hydrogen-bond acceptors (Lipinski definition) is 3. The van der Waals surface area contributed by atoms with Gasteiger partial charge in [-0.15, -0.1) is 0 Å². The minimum atomic E-state index is -6.62. The second-order valence-corrected chi connectivity index (χ2v) is 6.49. The highest BCUT2D eigenvalue weighted by molar-refractivity contribution is 7.90. The van der Waals surface area contributed by atoms with Crippen molar-refractivity contribution in [2.24, 2.45) is 7.05 Å². The number of carbonyl (C=O) groups excluding carboxylic acids is 1. The van der Waals surface area contributed by atoms with Crippen LogP contribution < -0.4 is 9.29 Å². The third-order valence-corrected chi connectivity index (χ3v) is 3.42. The molecule has 0 atom stereocenters. The number of carbonyl (C=O) groups is 1. The predicted octanol–water partition coefficient (Wildman–Crippen LogP) is 2.02. The van der Waals surface area contributed by atoms with Crippen LogP contribution in [0.2, 0.25) is 0 Å². The first-order valence-corrected chi connectivity index (χ1v) is 7.74. The molecule has 0 saturated heterocycles. The molecule has 1 aromatic heterocycles. The van der Waals surface area contributed by atoms with Gasteiger partial charge in [-0.05, 0) is 0 Å². The number of aromatic nitrogens is 2. The fraction of sp³-hybridized carbons (Fsp3) is 0.600. The number of hydrogen-bond donors (Lipinski definition) is 1. The largest absolute Gasteiger partial charge is 0.516 e. The van der Waals surface area contributed by atoms with E-state index in [1.165, 1.54) is 12.5 Å². The Labute approximate surface area is 148 Å². The molecular weight excluding hydrogens is 451 g/mol. The summed E-state index contributed by atoms with van der Waals surface area (Å²) in [5, 5.41) is 0. The van der Waals surface area contributed by atoms with Crippen molar-refractivity contribution in [1.29, 1.82) is 0 Å². The Kier molecular flexibility index (Phi) is 7.46. The van der Waals surface area contributed by atoms with Crippen molar-refractivity contribution in [3.8, 4) is 0 Å². The fourth-order valence-corrected chi connectivity index (χ4v) is 1.66.